The minimum Gasteiger partial charge on any atom is -0.378 e. The molecule has 3 heterocycles. The fourth-order valence-corrected chi connectivity index (χ4v) is 7.05. The molecular weight excluding hydrogens is 457 g/mol. The van der Waals surface area contributed by atoms with Crippen LogP contribution >= 0.6 is 8.60 Å². The van der Waals surface area contributed by atoms with Crippen molar-refractivity contribution in [2.45, 2.75) is 123 Å². The van der Waals surface area contributed by atoms with Gasteiger partial charge in [0.15, 0.2) is 0 Å². The molecule has 3 saturated heterocycles. The lowest BCUT2D eigenvalue weighted by molar-refractivity contribution is -0.131. The van der Waals surface area contributed by atoms with Gasteiger partial charge in [-0.05, 0) is 39.5 Å². The average Bonchev–Trinajstić information content (AvgIpc) is 3.48. The molecule has 3 aliphatic heterocycles. The molecule has 34 heavy (non-hydrogen) atoms. The predicted molar refractivity (Wildman–Crippen MR) is 131 cm³/mol. The van der Waals surface area contributed by atoms with Gasteiger partial charge in [-0.3, -0.25) is 4.79 Å². The molecule has 8 nitrogen and oxygen atoms in total. The largest absolute Gasteiger partial charge is 0.378 e. The Bertz CT molecular complexity index is 655. The van der Waals surface area contributed by atoms with E-state index in [2.05, 4.69) is 41.5 Å². The monoisotopic (exact) mass is 503 g/mol. The zero-order valence-corrected chi connectivity index (χ0v) is 23.2. The number of carbonyl (C=O) groups excluding carboxylic acids is 1. The van der Waals surface area contributed by atoms with Crippen molar-refractivity contribution < 1.29 is 32.6 Å². The van der Waals surface area contributed by atoms with E-state index in [0.717, 1.165) is 32.2 Å². The maximum Gasteiger partial charge on any atom is 0.333 e. The van der Waals surface area contributed by atoms with E-state index in [0.29, 0.717) is 6.61 Å². The molecule has 0 aromatic carbocycles. The quantitative estimate of drug-likeness (QED) is 0.379. The Morgan fingerprint density at radius 2 is 1.71 bits per heavy atom. The second-order valence-corrected chi connectivity index (χ2v) is 11.3. The van der Waals surface area contributed by atoms with Gasteiger partial charge in [-0.1, -0.05) is 27.7 Å². The van der Waals surface area contributed by atoms with E-state index in [4.69, 9.17) is 27.8 Å². The first kappa shape index (κ1) is 28.2. The van der Waals surface area contributed by atoms with Crippen molar-refractivity contribution in [1.29, 1.82) is 0 Å². The second kappa shape index (κ2) is 12.8. The summed E-state index contributed by atoms with van der Waals surface area (Å²) in [6, 6.07) is 0.0485. The van der Waals surface area contributed by atoms with Gasteiger partial charge in [0.25, 0.3) is 0 Å². The summed E-state index contributed by atoms with van der Waals surface area (Å²) in [7, 11) is 0.0503. The van der Waals surface area contributed by atoms with Crippen LogP contribution in [0.25, 0.3) is 0 Å². The van der Waals surface area contributed by atoms with Crippen LogP contribution in [0.5, 0.6) is 0 Å². The first-order valence-corrected chi connectivity index (χ1v) is 14.2. The maximum absolute atomic E-state index is 12.2. The number of methoxy groups -OCH3 is 1. The molecule has 3 aliphatic rings. The Labute approximate surface area is 207 Å². The van der Waals surface area contributed by atoms with E-state index in [1.54, 1.807) is 14.0 Å². The summed E-state index contributed by atoms with van der Waals surface area (Å²) in [5.74, 6) is 0.613. The summed E-state index contributed by atoms with van der Waals surface area (Å²) in [6.07, 6.45) is 3.35. The fraction of sp³-hybridized carbons (Fsp3) is 0.960. The van der Waals surface area contributed by atoms with Gasteiger partial charge in [-0.2, -0.15) is 0 Å². The van der Waals surface area contributed by atoms with E-state index < -0.39 is 8.60 Å². The van der Waals surface area contributed by atoms with Crippen LogP contribution in [0.2, 0.25) is 0 Å². The van der Waals surface area contributed by atoms with Crippen molar-refractivity contribution in [3.05, 3.63) is 0 Å². The molecule has 0 bridgehead atoms. The van der Waals surface area contributed by atoms with E-state index in [-0.39, 0.29) is 66.5 Å². The number of hydrogen-bond acceptors (Lipinski definition) is 7. The van der Waals surface area contributed by atoms with Crippen LogP contribution in [0.3, 0.4) is 0 Å². The third-order valence-electron chi connectivity index (χ3n) is 8.01. The fourth-order valence-electron chi connectivity index (χ4n) is 5.58. The van der Waals surface area contributed by atoms with E-state index in [1.165, 1.54) is 0 Å². The van der Waals surface area contributed by atoms with Crippen molar-refractivity contribution >= 4 is 14.5 Å². The molecule has 198 valence electrons. The molecule has 0 aromatic rings. The van der Waals surface area contributed by atoms with Gasteiger partial charge < -0.3 is 32.7 Å². The molecular formula is C25H46NO7P. The molecule has 11 atom stereocenters. The highest BCUT2D eigenvalue weighted by atomic mass is 31.2. The molecule has 0 radical (unpaired) electrons. The van der Waals surface area contributed by atoms with Gasteiger partial charge in [-0.15, -0.1) is 0 Å². The zero-order valence-electron chi connectivity index (χ0n) is 22.3. The second-order valence-electron chi connectivity index (χ2n) is 10.1. The van der Waals surface area contributed by atoms with Gasteiger partial charge in [-0.25, -0.2) is 0 Å². The smallest absolute Gasteiger partial charge is 0.333 e. The number of carbonyl (C=O) groups is 1. The van der Waals surface area contributed by atoms with Crippen LogP contribution in [0.15, 0.2) is 0 Å². The molecule has 0 aromatic heterocycles. The minimum absolute atomic E-state index is 0.0111. The Hall–Kier alpha value is -0.340. The van der Waals surface area contributed by atoms with Crippen LogP contribution < -0.4 is 0 Å². The summed E-state index contributed by atoms with van der Waals surface area (Å²) in [6.45, 7) is 15.4. The molecule has 3 rings (SSSR count). The lowest BCUT2D eigenvalue weighted by Crippen LogP contribution is -2.42. The molecule has 0 saturated carbocycles. The summed E-state index contributed by atoms with van der Waals surface area (Å²) in [5.41, 5.74) is 0. The number of ether oxygens (including phenoxy) is 3. The van der Waals surface area contributed by atoms with Gasteiger partial charge in [0, 0.05) is 32.4 Å². The lowest BCUT2D eigenvalue weighted by atomic mass is 9.98. The number of amides is 1. The predicted octanol–water partition coefficient (Wildman–Crippen LogP) is 4.69. The number of hydrogen-bond donors (Lipinski definition) is 0. The van der Waals surface area contributed by atoms with Gasteiger partial charge in [0.2, 0.25) is 5.91 Å². The Morgan fingerprint density at radius 3 is 2.29 bits per heavy atom. The van der Waals surface area contributed by atoms with E-state index in [1.807, 2.05) is 4.90 Å². The highest BCUT2D eigenvalue weighted by Crippen LogP contribution is 2.49. The minimum atomic E-state index is -1.67. The van der Waals surface area contributed by atoms with Gasteiger partial charge in [0.05, 0.1) is 49.3 Å². The van der Waals surface area contributed by atoms with Crippen molar-refractivity contribution in [1.82, 2.24) is 4.90 Å². The van der Waals surface area contributed by atoms with Crippen molar-refractivity contribution in [2.24, 2.45) is 11.8 Å². The highest BCUT2D eigenvalue weighted by Gasteiger charge is 2.45. The zero-order chi connectivity index (χ0) is 25.0. The van der Waals surface area contributed by atoms with Crippen molar-refractivity contribution in [2.75, 3.05) is 20.3 Å². The first-order valence-electron chi connectivity index (χ1n) is 13.1. The van der Waals surface area contributed by atoms with Crippen molar-refractivity contribution in [3.8, 4) is 0 Å². The molecule has 3 unspecified atom stereocenters. The van der Waals surface area contributed by atoms with Crippen LogP contribution in [0, 0.1) is 11.8 Å². The standard InChI is InChI=1S/C25H46NO7P/c1-9-21(20-12-11-13-26(20)19(7)27)32-34(33-25-16(4)18(6)30-22(25)10-2)29-14-23-24(28-8)15(3)17(5)31-23/h15-18,20-25H,9-14H2,1-8H3/t15-,16-,17+,18+,20?,21-,22-,23-,24?,25?,34+/m1/s1. The number of rotatable bonds is 11. The molecule has 0 spiro atoms. The van der Waals surface area contributed by atoms with Crippen molar-refractivity contribution in [3.63, 3.8) is 0 Å². The maximum atomic E-state index is 12.2. The Kier molecular flexibility index (Phi) is 10.6. The highest BCUT2D eigenvalue weighted by molar-refractivity contribution is 7.41. The van der Waals surface area contributed by atoms with E-state index >= 15 is 0 Å². The van der Waals surface area contributed by atoms with Gasteiger partial charge >= 0.3 is 8.60 Å². The molecule has 0 aliphatic carbocycles. The first-order chi connectivity index (χ1) is 16.2. The summed E-state index contributed by atoms with van der Waals surface area (Å²) in [4.78, 5) is 14.1. The van der Waals surface area contributed by atoms with Crippen LogP contribution in [-0.2, 0) is 32.6 Å². The number of nitrogens with zero attached hydrogens (tertiary/aromatic N) is 1. The third-order valence-corrected chi connectivity index (χ3v) is 9.23. The summed E-state index contributed by atoms with van der Waals surface area (Å²) >= 11 is 0. The number of likely N-dealkylation sites (tertiary alicyclic amines) is 1. The molecule has 1 amide bonds. The average molecular weight is 504 g/mol. The van der Waals surface area contributed by atoms with Crippen LogP contribution in [-0.4, -0.2) is 79.8 Å². The SMILES string of the molecule is CC[C@H]1O[C@@H](C)[C@@H](C)C1O[P@@](OC[C@H]1O[C@@H](C)[C@@H](C)C1OC)O[C@H](CC)C1CCCN1C(C)=O. The molecule has 0 N–H and O–H groups in total. The lowest BCUT2D eigenvalue weighted by Gasteiger charge is -2.34. The summed E-state index contributed by atoms with van der Waals surface area (Å²) < 4.78 is 37.4. The van der Waals surface area contributed by atoms with Crippen LogP contribution in [0.1, 0.15) is 74.1 Å². The summed E-state index contributed by atoms with van der Waals surface area (Å²) in [5, 5.41) is 0. The normalized spacial score (nSPS) is 40.1. The Balaban J connectivity index is 1.73. The van der Waals surface area contributed by atoms with Crippen LogP contribution in [0.4, 0.5) is 0 Å². The third kappa shape index (κ3) is 6.31. The Morgan fingerprint density at radius 1 is 1.06 bits per heavy atom. The topological polar surface area (TPSA) is 75.7 Å². The van der Waals surface area contributed by atoms with Gasteiger partial charge in [0.1, 0.15) is 6.10 Å². The molecule has 3 fully saturated rings. The molecule has 9 heteroatoms. The van der Waals surface area contributed by atoms with E-state index in [9.17, 15) is 4.79 Å².